The number of carbonyl (C=O) groups is 1. The monoisotopic (exact) mass is 414 g/mol. The molecule has 0 bridgehead atoms. The summed E-state index contributed by atoms with van der Waals surface area (Å²) < 4.78 is 32.0. The maximum absolute atomic E-state index is 12.1. The number of rotatable bonds is 8. The summed E-state index contributed by atoms with van der Waals surface area (Å²) in [6.45, 7) is 4.66. The van der Waals surface area contributed by atoms with Crippen molar-refractivity contribution in [3.63, 3.8) is 0 Å². The van der Waals surface area contributed by atoms with Crippen LogP contribution in [0, 0.1) is 0 Å². The third-order valence-corrected chi connectivity index (χ3v) is 5.95. The van der Waals surface area contributed by atoms with Crippen molar-refractivity contribution in [2.75, 3.05) is 6.61 Å². The average Bonchev–Trinajstić information content (AvgIpc) is 3.12. The molecule has 0 radical (unpaired) electrons. The van der Waals surface area contributed by atoms with Gasteiger partial charge < -0.3 is 10.1 Å². The van der Waals surface area contributed by atoms with E-state index in [1.54, 1.807) is 32.1 Å². The van der Waals surface area contributed by atoms with Crippen LogP contribution in [-0.2, 0) is 33.5 Å². The number of amides is 1. The predicted molar refractivity (Wildman–Crippen MR) is 114 cm³/mol. The van der Waals surface area contributed by atoms with Gasteiger partial charge in [0.2, 0.25) is 15.9 Å². The molecule has 2 aromatic carbocycles. The molecule has 0 saturated heterocycles. The lowest BCUT2D eigenvalue weighted by Gasteiger charge is -2.10. The molecule has 1 amide bonds. The molecule has 0 spiro atoms. The van der Waals surface area contributed by atoms with Crippen molar-refractivity contribution in [2.45, 2.75) is 38.6 Å². The van der Waals surface area contributed by atoms with Crippen LogP contribution in [0.4, 0.5) is 0 Å². The second kappa shape index (κ2) is 9.24. The first-order chi connectivity index (χ1) is 13.8. The van der Waals surface area contributed by atoms with Crippen LogP contribution in [0.15, 0.2) is 48.5 Å². The maximum Gasteiger partial charge on any atom is 0.244 e. The van der Waals surface area contributed by atoms with Crippen LogP contribution in [0.2, 0.25) is 0 Å². The van der Waals surface area contributed by atoms with E-state index in [9.17, 15) is 13.2 Å². The lowest BCUT2D eigenvalue weighted by molar-refractivity contribution is -0.116. The highest BCUT2D eigenvalue weighted by Gasteiger charge is 2.13. The minimum Gasteiger partial charge on any atom is -0.493 e. The molecule has 2 N–H and O–H groups in total. The third-order valence-electron chi connectivity index (χ3n) is 4.40. The van der Waals surface area contributed by atoms with Gasteiger partial charge in [-0.25, -0.2) is 13.1 Å². The Morgan fingerprint density at radius 1 is 1.14 bits per heavy atom. The summed E-state index contributed by atoms with van der Waals surface area (Å²) in [7, 11) is -3.35. The minimum absolute atomic E-state index is 0.0631. The summed E-state index contributed by atoms with van der Waals surface area (Å²) >= 11 is 0. The number of hydrogen-bond donors (Lipinski definition) is 2. The molecule has 1 aliphatic rings. The van der Waals surface area contributed by atoms with Crippen LogP contribution in [-0.4, -0.2) is 27.0 Å². The SMILES string of the molecule is CC(C)NS(=O)(=O)Cc1ccc(CNC(=O)/C=C/c2ccc3c(c2)CCO3)cc1. The predicted octanol–water partition coefficient (Wildman–Crippen LogP) is 2.78. The Hall–Kier alpha value is -2.64. The van der Waals surface area contributed by atoms with E-state index >= 15 is 0 Å². The molecule has 0 aromatic heterocycles. The number of sulfonamides is 1. The molecule has 0 saturated carbocycles. The zero-order valence-electron chi connectivity index (χ0n) is 16.6. The van der Waals surface area contributed by atoms with E-state index in [-0.39, 0.29) is 17.7 Å². The Bertz CT molecular complexity index is 996. The quantitative estimate of drug-likeness (QED) is 0.651. The molecule has 6 nitrogen and oxygen atoms in total. The Labute approximate surface area is 172 Å². The smallest absolute Gasteiger partial charge is 0.244 e. The van der Waals surface area contributed by atoms with Crippen molar-refractivity contribution in [1.29, 1.82) is 0 Å². The van der Waals surface area contributed by atoms with Crippen molar-refractivity contribution in [3.05, 3.63) is 70.8 Å². The molecule has 29 heavy (non-hydrogen) atoms. The topological polar surface area (TPSA) is 84.5 Å². The summed E-state index contributed by atoms with van der Waals surface area (Å²) in [6, 6.07) is 12.9. The van der Waals surface area contributed by atoms with Crippen molar-refractivity contribution < 1.29 is 17.9 Å². The normalized spacial score (nSPS) is 13.5. The molecule has 1 aliphatic heterocycles. The van der Waals surface area contributed by atoms with E-state index in [1.165, 1.54) is 11.6 Å². The van der Waals surface area contributed by atoms with Gasteiger partial charge in [0.25, 0.3) is 0 Å². The number of fused-ring (bicyclic) bond motifs is 1. The lowest BCUT2D eigenvalue weighted by atomic mass is 10.1. The van der Waals surface area contributed by atoms with Gasteiger partial charge in [-0.05, 0) is 54.3 Å². The molecule has 7 heteroatoms. The lowest BCUT2D eigenvalue weighted by Crippen LogP contribution is -2.31. The van der Waals surface area contributed by atoms with Crippen LogP contribution in [0.5, 0.6) is 5.75 Å². The van der Waals surface area contributed by atoms with Gasteiger partial charge in [-0.2, -0.15) is 0 Å². The first-order valence-corrected chi connectivity index (χ1v) is 11.3. The average molecular weight is 415 g/mol. The number of hydrogen-bond acceptors (Lipinski definition) is 4. The van der Waals surface area contributed by atoms with Crippen LogP contribution in [0.25, 0.3) is 6.08 Å². The Balaban J connectivity index is 1.50. The fourth-order valence-corrected chi connectivity index (χ4v) is 4.54. The van der Waals surface area contributed by atoms with Crippen LogP contribution in [0.1, 0.15) is 36.1 Å². The molecule has 0 atom stereocenters. The Morgan fingerprint density at radius 2 is 1.86 bits per heavy atom. The van der Waals surface area contributed by atoms with E-state index in [2.05, 4.69) is 10.0 Å². The largest absolute Gasteiger partial charge is 0.493 e. The fraction of sp³-hybridized carbons (Fsp3) is 0.318. The van der Waals surface area contributed by atoms with Gasteiger partial charge in [0.1, 0.15) is 5.75 Å². The summed E-state index contributed by atoms with van der Waals surface area (Å²) in [4.78, 5) is 12.1. The van der Waals surface area contributed by atoms with E-state index in [0.717, 1.165) is 23.3 Å². The molecule has 0 fully saturated rings. The molecule has 0 unspecified atom stereocenters. The van der Waals surface area contributed by atoms with Crippen molar-refractivity contribution >= 4 is 22.0 Å². The van der Waals surface area contributed by atoms with Gasteiger partial charge in [0.15, 0.2) is 0 Å². The second-order valence-electron chi connectivity index (χ2n) is 7.36. The molecular formula is C22H26N2O4S. The molecule has 154 valence electrons. The first-order valence-electron chi connectivity index (χ1n) is 9.60. The zero-order valence-corrected chi connectivity index (χ0v) is 17.5. The summed E-state index contributed by atoms with van der Waals surface area (Å²) in [5.74, 6) is 0.671. The Morgan fingerprint density at radius 3 is 2.59 bits per heavy atom. The van der Waals surface area contributed by atoms with E-state index in [4.69, 9.17) is 4.74 Å². The van der Waals surface area contributed by atoms with Gasteiger partial charge in [0, 0.05) is 25.1 Å². The molecule has 3 rings (SSSR count). The van der Waals surface area contributed by atoms with Gasteiger partial charge in [-0.15, -0.1) is 0 Å². The fourth-order valence-electron chi connectivity index (χ4n) is 3.10. The number of carbonyl (C=O) groups excluding carboxylic acids is 1. The summed E-state index contributed by atoms with van der Waals surface area (Å²) in [5, 5.41) is 2.83. The molecule has 0 aliphatic carbocycles. The maximum atomic E-state index is 12.1. The molecule has 2 aromatic rings. The minimum atomic E-state index is -3.35. The van der Waals surface area contributed by atoms with Crippen molar-refractivity contribution in [3.8, 4) is 5.75 Å². The summed E-state index contributed by atoms with van der Waals surface area (Å²) in [6.07, 6.45) is 4.19. The van der Waals surface area contributed by atoms with E-state index in [1.807, 2.05) is 30.3 Å². The van der Waals surface area contributed by atoms with Crippen molar-refractivity contribution in [2.24, 2.45) is 0 Å². The highest BCUT2D eigenvalue weighted by atomic mass is 32.2. The Kier molecular flexibility index (Phi) is 6.71. The number of ether oxygens (including phenoxy) is 1. The zero-order chi connectivity index (χ0) is 20.9. The van der Waals surface area contributed by atoms with Crippen LogP contribution < -0.4 is 14.8 Å². The number of benzene rings is 2. The third kappa shape index (κ3) is 6.44. The van der Waals surface area contributed by atoms with E-state index < -0.39 is 10.0 Å². The van der Waals surface area contributed by atoms with Gasteiger partial charge in [-0.3, -0.25) is 4.79 Å². The highest BCUT2D eigenvalue weighted by Crippen LogP contribution is 2.26. The van der Waals surface area contributed by atoms with Gasteiger partial charge in [0.05, 0.1) is 12.4 Å². The summed E-state index contributed by atoms with van der Waals surface area (Å²) in [5.41, 5.74) is 3.73. The molecular weight excluding hydrogens is 388 g/mol. The van der Waals surface area contributed by atoms with Crippen LogP contribution in [0.3, 0.4) is 0 Å². The second-order valence-corrected chi connectivity index (χ2v) is 9.12. The molecule has 1 heterocycles. The van der Waals surface area contributed by atoms with Crippen molar-refractivity contribution in [1.82, 2.24) is 10.0 Å². The van der Waals surface area contributed by atoms with Gasteiger partial charge in [-0.1, -0.05) is 30.3 Å². The number of nitrogens with one attached hydrogen (secondary N) is 2. The van der Waals surface area contributed by atoms with Crippen LogP contribution >= 0.6 is 0 Å². The first kappa shape index (κ1) is 21.1. The van der Waals surface area contributed by atoms with Gasteiger partial charge >= 0.3 is 0 Å². The standard InChI is InChI=1S/C22H26N2O4S/c1-16(2)24-29(26,27)15-19-5-3-18(4-6-19)14-23-22(25)10-8-17-7-9-21-20(13-17)11-12-28-21/h3-10,13,16,24H,11-12,14-15H2,1-2H3,(H,23,25)/b10-8+. The van der Waals surface area contributed by atoms with E-state index in [0.29, 0.717) is 18.7 Å². The highest BCUT2D eigenvalue weighted by molar-refractivity contribution is 7.88.